The molecule has 0 saturated heterocycles. The number of aromatic nitrogens is 1. The van der Waals surface area contributed by atoms with Crippen LogP contribution in [0.4, 0.5) is 35.4 Å². The summed E-state index contributed by atoms with van der Waals surface area (Å²) in [7, 11) is 0. The monoisotopic (exact) mass is 596 g/mol. The zero-order chi connectivity index (χ0) is 31.8. The highest BCUT2D eigenvalue weighted by Gasteiger charge is 2.37. The highest BCUT2D eigenvalue weighted by atomic mass is 19.2. The van der Waals surface area contributed by atoms with Gasteiger partial charge in [-0.05, 0) is 69.5 Å². The van der Waals surface area contributed by atoms with Crippen molar-refractivity contribution in [3.8, 4) is 0 Å². The Morgan fingerprint density at radius 2 is 1.56 bits per heavy atom. The number of ether oxygens (including phenoxy) is 1. The first-order valence-corrected chi connectivity index (χ1v) is 13.9. The molecule has 1 aromatic heterocycles. The lowest BCUT2D eigenvalue weighted by Crippen LogP contribution is -2.46. The molecule has 0 aliphatic carbocycles. The van der Waals surface area contributed by atoms with Crippen LogP contribution in [0.25, 0.3) is 0 Å². The molecular formula is C31H38F2N6O4. The molecule has 1 unspecified atom stereocenters. The zero-order valence-electron chi connectivity index (χ0n) is 24.9. The first-order chi connectivity index (χ1) is 20.3. The van der Waals surface area contributed by atoms with Crippen LogP contribution >= 0.6 is 0 Å². The number of carbonyl (C=O) groups excluding carboxylic acids is 3. The number of anilines is 3. The van der Waals surface area contributed by atoms with E-state index in [1.54, 1.807) is 51.1 Å². The number of urea groups is 1. The van der Waals surface area contributed by atoms with E-state index in [0.717, 1.165) is 12.1 Å². The maximum absolute atomic E-state index is 13.7. The van der Waals surface area contributed by atoms with E-state index in [9.17, 15) is 23.2 Å². The summed E-state index contributed by atoms with van der Waals surface area (Å²) in [6.45, 7) is 9.38. The Labute approximate surface area is 249 Å². The summed E-state index contributed by atoms with van der Waals surface area (Å²) >= 11 is 0. The number of hydrogen-bond acceptors (Lipinski definition) is 6. The molecule has 230 valence electrons. The molecule has 0 bridgehead atoms. The molecule has 0 fully saturated rings. The van der Waals surface area contributed by atoms with Gasteiger partial charge >= 0.3 is 12.1 Å². The lowest BCUT2D eigenvalue weighted by atomic mass is 9.73. The maximum atomic E-state index is 13.7. The minimum absolute atomic E-state index is 0.0769. The molecule has 0 aliphatic heterocycles. The van der Waals surface area contributed by atoms with Crippen LogP contribution in [0, 0.1) is 17.0 Å². The number of rotatable bonds is 10. The molecule has 0 saturated carbocycles. The molecule has 0 aliphatic rings. The van der Waals surface area contributed by atoms with E-state index in [1.807, 2.05) is 13.8 Å². The van der Waals surface area contributed by atoms with Gasteiger partial charge in [-0.1, -0.05) is 32.0 Å². The van der Waals surface area contributed by atoms with E-state index in [0.29, 0.717) is 29.8 Å². The maximum Gasteiger partial charge on any atom is 0.412 e. The summed E-state index contributed by atoms with van der Waals surface area (Å²) < 4.78 is 32.3. The number of amides is 4. The van der Waals surface area contributed by atoms with Crippen molar-refractivity contribution in [2.75, 3.05) is 22.5 Å². The van der Waals surface area contributed by atoms with Crippen molar-refractivity contribution in [2.45, 2.75) is 59.1 Å². The quantitative estimate of drug-likeness (QED) is 0.178. The third-order valence-electron chi connectivity index (χ3n) is 7.04. The predicted octanol–water partition coefficient (Wildman–Crippen LogP) is 6.59. The van der Waals surface area contributed by atoms with Crippen LogP contribution in [-0.2, 0) is 4.74 Å². The molecule has 1 atom stereocenters. The van der Waals surface area contributed by atoms with Crippen LogP contribution in [0.3, 0.4) is 0 Å². The van der Waals surface area contributed by atoms with E-state index in [4.69, 9.17) is 10.5 Å². The molecule has 3 rings (SSSR count). The smallest absolute Gasteiger partial charge is 0.412 e. The number of benzene rings is 2. The fourth-order valence-electron chi connectivity index (χ4n) is 4.54. The average molecular weight is 597 g/mol. The normalized spacial score (nSPS) is 12.2. The number of nitrogens with two attached hydrogens (primary N) is 1. The summed E-state index contributed by atoms with van der Waals surface area (Å²) in [5, 5.41) is 10.8. The average Bonchev–Trinajstić information content (AvgIpc) is 2.95. The van der Waals surface area contributed by atoms with Gasteiger partial charge in [0.25, 0.3) is 5.91 Å². The van der Waals surface area contributed by atoms with E-state index in [2.05, 4.69) is 26.3 Å². The molecule has 12 heteroatoms. The van der Waals surface area contributed by atoms with Gasteiger partial charge in [0, 0.05) is 29.9 Å². The molecule has 43 heavy (non-hydrogen) atoms. The zero-order valence-corrected chi connectivity index (χ0v) is 24.9. The topological polar surface area (TPSA) is 147 Å². The summed E-state index contributed by atoms with van der Waals surface area (Å²) in [5.41, 5.74) is 6.38. The van der Waals surface area contributed by atoms with Crippen LogP contribution in [0.1, 0.15) is 69.6 Å². The van der Waals surface area contributed by atoms with Gasteiger partial charge in [0.05, 0.1) is 17.4 Å². The molecule has 0 spiro atoms. The Hall–Kier alpha value is -4.58. The largest absolute Gasteiger partial charge is 0.444 e. The second kappa shape index (κ2) is 14.1. The Morgan fingerprint density at radius 1 is 0.907 bits per heavy atom. The van der Waals surface area contributed by atoms with Crippen molar-refractivity contribution >= 4 is 35.1 Å². The SMILES string of the molecule is CCC(CC)(CN)C(NC(=O)Nc1ccc(F)c(F)c1)c1ccc(C(=O)Nc2ccccc2NC(=O)OC(C)(C)C)nc1. The second-order valence-corrected chi connectivity index (χ2v) is 11.0. The lowest BCUT2D eigenvalue weighted by molar-refractivity contribution is 0.0635. The minimum atomic E-state index is -1.09. The van der Waals surface area contributed by atoms with E-state index >= 15 is 0 Å². The summed E-state index contributed by atoms with van der Waals surface area (Å²) in [4.78, 5) is 42.6. The first-order valence-electron chi connectivity index (χ1n) is 13.9. The molecule has 0 radical (unpaired) electrons. The van der Waals surface area contributed by atoms with Gasteiger partial charge in [-0.15, -0.1) is 0 Å². The minimum Gasteiger partial charge on any atom is -0.444 e. The fourth-order valence-corrected chi connectivity index (χ4v) is 4.54. The Balaban J connectivity index is 1.81. The van der Waals surface area contributed by atoms with Crippen molar-refractivity contribution < 1.29 is 27.9 Å². The van der Waals surface area contributed by atoms with Crippen molar-refractivity contribution in [3.63, 3.8) is 0 Å². The van der Waals surface area contributed by atoms with Crippen LogP contribution in [0.2, 0.25) is 0 Å². The van der Waals surface area contributed by atoms with Gasteiger partial charge in [-0.2, -0.15) is 0 Å². The molecule has 4 amide bonds. The molecule has 3 aromatic rings. The fraction of sp³-hybridized carbons (Fsp3) is 0.355. The second-order valence-electron chi connectivity index (χ2n) is 11.0. The summed E-state index contributed by atoms with van der Waals surface area (Å²) in [6.07, 6.45) is 2.04. The van der Waals surface area contributed by atoms with Crippen molar-refractivity contribution in [3.05, 3.63) is 83.7 Å². The molecule has 2 aromatic carbocycles. The van der Waals surface area contributed by atoms with Crippen molar-refractivity contribution in [1.82, 2.24) is 10.3 Å². The van der Waals surface area contributed by atoms with E-state index in [-0.39, 0.29) is 17.9 Å². The van der Waals surface area contributed by atoms with Crippen LogP contribution in [-0.4, -0.2) is 35.2 Å². The van der Waals surface area contributed by atoms with Gasteiger partial charge in [0.15, 0.2) is 11.6 Å². The molecule has 10 nitrogen and oxygen atoms in total. The third-order valence-corrected chi connectivity index (χ3v) is 7.04. The number of halogens is 2. The first kappa shape index (κ1) is 32.9. The van der Waals surface area contributed by atoms with Gasteiger partial charge in [-0.25, -0.2) is 18.4 Å². The molecule has 6 N–H and O–H groups in total. The number of carbonyl (C=O) groups is 3. The molecule has 1 heterocycles. The predicted molar refractivity (Wildman–Crippen MR) is 162 cm³/mol. The number of nitrogens with one attached hydrogen (secondary N) is 4. The number of nitrogens with zero attached hydrogens (tertiary/aromatic N) is 1. The summed E-state index contributed by atoms with van der Waals surface area (Å²) in [6, 6.07) is 11.6. The van der Waals surface area contributed by atoms with E-state index < -0.39 is 46.7 Å². The van der Waals surface area contributed by atoms with Crippen LogP contribution < -0.4 is 27.0 Å². The number of pyridine rings is 1. The lowest BCUT2D eigenvalue weighted by Gasteiger charge is -2.39. The standard InChI is InChI=1S/C31H38F2N6O4/c1-6-31(7-2,18-34)26(39-28(41)36-20-13-14-21(32)22(33)16-20)19-12-15-25(35-17-19)27(40)37-23-10-8-9-11-24(23)38-29(42)43-30(3,4)5/h8-17,26H,6-7,18,34H2,1-5H3,(H,37,40)(H,38,42)(H2,36,39,41). The van der Waals surface area contributed by atoms with E-state index in [1.165, 1.54) is 18.3 Å². The third kappa shape index (κ3) is 8.71. The van der Waals surface area contributed by atoms with Crippen LogP contribution in [0.15, 0.2) is 60.8 Å². The Kier molecular flexibility index (Phi) is 10.8. The molecular weight excluding hydrogens is 558 g/mol. The Morgan fingerprint density at radius 3 is 2.09 bits per heavy atom. The van der Waals surface area contributed by atoms with Gasteiger partial charge in [0.2, 0.25) is 0 Å². The Bertz CT molecular complexity index is 1430. The van der Waals surface area contributed by atoms with Crippen molar-refractivity contribution in [2.24, 2.45) is 11.1 Å². The van der Waals surface area contributed by atoms with Gasteiger partial charge in [0.1, 0.15) is 11.3 Å². The highest BCUT2D eigenvalue weighted by Crippen LogP contribution is 2.39. The number of hydrogen-bond donors (Lipinski definition) is 5. The van der Waals surface area contributed by atoms with Crippen LogP contribution in [0.5, 0.6) is 0 Å². The number of para-hydroxylation sites is 2. The van der Waals surface area contributed by atoms with Gasteiger partial charge < -0.3 is 26.4 Å². The summed E-state index contributed by atoms with van der Waals surface area (Å²) in [5.74, 6) is -2.64. The van der Waals surface area contributed by atoms with Crippen molar-refractivity contribution in [1.29, 1.82) is 0 Å². The van der Waals surface area contributed by atoms with Gasteiger partial charge in [-0.3, -0.25) is 15.1 Å². The highest BCUT2D eigenvalue weighted by molar-refractivity contribution is 6.05.